The van der Waals surface area contributed by atoms with E-state index in [2.05, 4.69) is 0 Å². The molecule has 0 fully saturated rings. The Morgan fingerprint density at radius 3 is 1.25 bits per heavy atom. The van der Waals surface area contributed by atoms with E-state index in [1.807, 2.05) is 0 Å². The van der Waals surface area contributed by atoms with E-state index in [0.29, 0.717) is 0 Å². The van der Waals surface area contributed by atoms with Gasteiger partial charge in [-0.15, -0.1) is 0 Å². The summed E-state index contributed by atoms with van der Waals surface area (Å²) in [6.45, 7) is 0. The van der Waals surface area contributed by atoms with Gasteiger partial charge >= 0.3 is 26.7 Å². The second-order valence-electron chi connectivity index (χ2n) is 0.513. The molecule has 0 atom stereocenters. The fourth-order valence-electron chi connectivity index (χ4n) is 0. The molecule has 0 amide bonds. The Morgan fingerprint density at radius 1 is 1.25 bits per heavy atom. The average molecular weight is 177 g/mol. The quantitative estimate of drug-likeness (QED) is 0.269. The van der Waals surface area contributed by atoms with Crippen LogP contribution in [-0.2, 0) is 21.6 Å². The van der Waals surface area contributed by atoms with Gasteiger partial charge in [-0.05, 0) is 0 Å². The maximum absolute atomic E-state index is 8.88. The van der Waals surface area contributed by atoms with E-state index < -0.39 is 7.82 Å². The van der Waals surface area contributed by atoms with E-state index in [1.165, 1.54) is 0 Å². The molecule has 3 N–H and O–H groups in total. The molecule has 0 saturated heterocycles. The number of hydrogen-bond acceptors (Lipinski definition) is 1. The molecule has 0 bridgehead atoms. The summed E-state index contributed by atoms with van der Waals surface area (Å²) in [5.41, 5.74) is 0. The van der Waals surface area contributed by atoms with Crippen molar-refractivity contribution in [2.45, 2.75) is 7.43 Å². The predicted octanol–water partition coefficient (Wildman–Crippen LogP) is -3.18. The van der Waals surface area contributed by atoms with Crippen LogP contribution in [0.5, 0.6) is 0 Å². The molecular weight excluding hydrogens is 169 g/mol. The van der Waals surface area contributed by atoms with E-state index in [4.69, 9.17) is 19.2 Å². The summed E-state index contributed by atoms with van der Waals surface area (Å²) in [6.07, 6.45) is 0. The molecule has 0 rings (SSSR count). The van der Waals surface area contributed by atoms with Gasteiger partial charge in [-0.1, -0.05) is 7.43 Å². The van der Waals surface area contributed by atoms with Crippen LogP contribution in [0.3, 0.4) is 0 Å². The summed E-state index contributed by atoms with van der Waals surface area (Å²) in [4.78, 5) is 21.6. The second-order valence-corrected chi connectivity index (χ2v) is 1.54. The zero-order chi connectivity index (χ0) is 4.50. The Kier molecular flexibility index (Phi) is 23.5. The molecular formula is CH8LiMnO4P. The molecule has 0 aliphatic carbocycles. The van der Waals surface area contributed by atoms with Crippen molar-refractivity contribution in [3.05, 3.63) is 0 Å². The van der Waals surface area contributed by atoms with E-state index in [9.17, 15) is 0 Å². The van der Waals surface area contributed by atoms with Crippen molar-refractivity contribution < 1.29 is 56.6 Å². The molecule has 0 spiro atoms. The van der Waals surface area contributed by atoms with Gasteiger partial charge in [-0.3, -0.25) is 0 Å². The number of phosphoric acid groups is 1. The molecule has 0 aliphatic rings. The molecule has 4 nitrogen and oxygen atoms in total. The monoisotopic (exact) mass is 177 g/mol. The SMILES string of the molecule is C.O=P(O)(O)O.[H-].[Li+].[Mn]. The molecule has 0 aromatic carbocycles. The molecule has 0 unspecified atom stereocenters. The third kappa shape index (κ3) is 186. The predicted molar refractivity (Wildman–Crippen MR) is 22.1 cm³/mol. The molecule has 0 aromatic rings. The fraction of sp³-hybridized carbons (Fsp3) is 1.00. The van der Waals surface area contributed by atoms with E-state index in [0.717, 1.165) is 0 Å². The van der Waals surface area contributed by atoms with Crippen LogP contribution in [0.4, 0.5) is 0 Å². The van der Waals surface area contributed by atoms with Crippen LogP contribution >= 0.6 is 7.82 Å². The molecule has 0 saturated carbocycles. The van der Waals surface area contributed by atoms with Gasteiger partial charge in [-0.2, -0.15) is 0 Å². The number of rotatable bonds is 0. The molecule has 1 radical (unpaired) electrons. The Labute approximate surface area is 72.1 Å². The molecule has 49 valence electrons. The Morgan fingerprint density at radius 2 is 1.25 bits per heavy atom. The van der Waals surface area contributed by atoms with Crippen LogP contribution in [0.2, 0.25) is 0 Å². The van der Waals surface area contributed by atoms with Crippen LogP contribution in [0.25, 0.3) is 0 Å². The van der Waals surface area contributed by atoms with Crippen LogP contribution in [0.1, 0.15) is 8.85 Å². The van der Waals surface area contributed by atoms with Gasteiger partial charge < -0.3 is 16.1 Å². The van der Waals surface area contributed by atoms with Crippen molar-refractivity contribution in [3.8, 4) is 0 Å². The first-order valence-corrected chi connectivity index (χ1v) is 2.35. The van der Waals surface area contributed by atoms with Gasteiger partial charge in [0.25, 0.3) is 0 Å². The Balaban J connectivity index is -0.0000000133. The van der Waals surface area contributed by atoms with Crippen molar-refractivity contribution in [3.63, 3.8) is 0 Å². The van der Waals surface area contributed by atoms with E-state index >= 15 is 0 Å². The first-order valence-electron chi connectivity index (χ1n) is 0.783. The molecule has 0 aromatic heterocycles. The van der Waals surface area contributed by atoms with Crippen LogP contribution in [0, 0.1) is 0 Å². The van der Waals surface area contributed by atoms with Crippen molar-refractivity contribution >= 4 is 7.82 Å². The van der Waals surface area contributed by atoms with E-state index in [1.54, 1.807) is 0 Å². The summed E-state index contributed by atoms with van der Waals surface area (Å²) in [7, 11) is -4.64. The topological polar surface area (TPSA) is 77.8 Å². The minimum absolute atomic E-state index is 0. The summed E-state index contributed by atoms with van der Waals surface area (Å²) in [5.74, 6) is 0. The van der Waals surface area contributed by atoms with Gasteiger partial charge in [0.15, 0.2) is 0 Å². The zero-order valence-corrected chi connectivity index (χ0v) is 5.65. The molecule has 0 heterocycles. The van der Waals surface area contributed by atoms with Crippen molar-refractivity contribution in [1.29, 1.82) is 0 Å². The van der Waals surface area contributed by atoms with Gasteiger partial charge in [0.2, 0.25) is 0 Å². The zero-order valence-electron chi connectivity index (χ0n) is 4.58. The first kappa shape index (κ1) is 22.9. The Bertz CT molecular complexity index is 66.7. The molecule has 0 aliphatic heterocycles. The van der Waals surface area contributed by atoms with Crippen molar-refractivity contribution in [2.75, 3.05) is 0 Å². The smallest absolute Gasteiger partial charge is 1.00 e. The average Bonchev–Trinajstić information content (AvgIpc) is 0.722. The van der Waals surface area contributed by atoms with Crippen molar-refractivity contribution in [2.24, 2.45) is 0 Å². The Hall–Kier alpha value is 1.23. The third-order valence-electron chi connectivity index (χ3n) is 0. The summed E-state index contributed by atoms with van der Waals surface area (Å²) >= 11 is 0. The standard InChI is InChI=1S/CH4.Li.Mn.H3O4P.H/c;;;1-5(2,3)4;/h1H4;;;(H3,1,2,3,4);/q;+1;;;-1. The summed E-state index contributed by atoms with van der Waals surface area (Å²) in [5, 5.41) is 0. The summed E-state index contributed by atoms with van der Waals surface area (Å²) < 4.78 is 8.88. The number of hydrogen-bond donors (Lipinski definition) is 3. The van der Waals surface area contributed by atoms with Gasteiger partial charge in [0.1, 0.15) is 0 Å². The van der Waals surface area contributed by atoms with Crippen LogP contribution in [-0.4, -0.2) is 14.7 Å². The molecule has 8 heavy (non-hydrogen) atoms. The fourth-order valence-corrected chi connectivity index (χ4v) is 0. The summed E-state index contributed by atoms with van der Waals surface area (Å²) in [6, 6.07) is 0. The third-order valence-corrected chi connectivity index (χ3v) is 0. The maximum atomic E-state index is 8.88. The van der Waals surface area contributed by atoms with Gasteiger partial charge in [-0.25, -0.2) is 4.57 Å². The second kappa shape index (κ2) is 8.23. The first-order chi connectivity index (χ1) is 2.00. The molecule has 7 heteroatoms. The van der Waals surface area contributed by atoms with Gasteiger partial charge in [0.05, 0.1) is 0 Å². The van der Waals surface area contributed by atoms with Crippen LogP contribution < -0.4 is 18.9 Å². The van der Waals surface area contributed by atoms with Gasteiger partial charge in [0, 0.05) is 17.1 Å². The minimum atomic E-state index is -4.64. The minimum Gasteiger partial charge on any atom is -1.00 e. The van der Waals surface area contributed by atoms with E-state index in [-0.39, 0.29) is 44.8 Å². The maximum Gasteiger partial charge on any atom is 1.00 e. The normalized spacial score (nSPS) is 7.38. The van der Waals surface area contributed by atoms with Crippen LogP contribution in [0.15, 0.2) is 0 Å². The largest absolute Gasteiger partial charge is 1.00 e. The van der Waals surface area contributed by atoms with Crippen molar-refractivity contribution in [1.82, 2.24) is 0 Å².